The van der Waals surface area contributed by atoms with Gasteiger partial charge in [0.05, 0.1) is 13.2 Å². The lowest BCUT2D eigenvalue weighted by Crippen LogP contribution is -2.11. The topological polar surface area (TPSA) is 59.1 Å². The summed E-state index contributed by atoms with van der Waals surface area (Å²) in [6.45, 7) is 1.08. The van der Waals surface area contributed by atoms with Gasteiger partial charge in [-0.3, -0.25) is 5.41 Å². The van der Waals surface area contributed by atoms with Crippen LogP contribution in [-0.2, 0) is 18.0 Å². The van der Waals surface area contributed by atoms with E-state index in [1.54, 1.807) is 0 Å². The molecule has 0 amide bonds. The molecule has 3 N–H and O–H groups in total. The first kappa shape index (κ1) is 16.7. The molecule has 0 aromatic heterocycles. The van der Waals surface area contributed by atoms with Crippen LogP contribution >= 0.6 is 28.3 Å². The van der Waals surface area contributed by atoms with Gasteiger partial charge in [-0.2, -0.15) is 0 Å². The Morgan fingerprint density at radius 3 is 2.35 bits per heavy atom. The van der Waals surface area contributed by atoms with Gasteiger partial charge in [0.1, 0.15) is 5.84 Å². The maximum absolute atomic E-state index is 7.40. The van der Waals surface area contributed by atoms with E-state index in [-0.39, 0.29) is 18.2 Å². The molecule has 106 valence electrons. The lowest BCUT2D eigenvalue weighted by molar-refractivity contribution is 0.107. The lowest BCUT2D eigenvalue weighted by atomic mass is 10.1. The Morgan fingerprint density at radius 1 is 1.05 bits per heavy atom. The third kappa shape index (κ3) is 4.96. The van der Waals surface area contributed by atoms with E-state index >= 15 is 0 Å². The summed E-state index contributed by atoms with van der Waals surface area (Å²) >= 11 is 3.40. The van der Waals surface area contributed by atoms with E-state index in [0.29, 0.717) is 13.2 Å². The van der Waals surface area contributed by atoms with E-state index in [2.05, 4.69) is 15.9 Å². The van der Waals surface area contributed by atoms with Crippen LogP contribution in [0.1, 0.15) is 16.7 Å². The van der Waals surface area contributed by atoms with Crippen LogP contribution in [0.3, 0.4) is 0 Å². The molecule has 0 aliphatic carbocycles. The number of nitrogens with one attached hydrogen (secondary N) is 1. The van der Waals surface area contributed by atoms with Crippen LogP contribution in [-0.4, -0.2) is 5.84 Å². The van der Waals surface area contributed by atoms with Crippen molar-refractivity contribution < 1.29 is 4.74 Å². The van der Waals surface area contributed by atoms with E-state index in [1.807, 2.05) is 48.5 Å². The highest BCUT2D eigenvalue weighted by molar-refractivity contribution is 9.10. The molecular formula is C15H16BrClN2O. The SMILES string of the molecule is Cl.N=C(N)c1cccc(COCc2ccc(Br)cc2)c1. The van der Waals surface area contributed by atoms with Crippen molar-refractivity contribution in [1.29, 1.82) is 5.41 Å². The zero-order valence-electron chi connectivity index (χ0n) is 10.8. The Morgan fingerprint density at radius 2 is 1.70 bits per heavy atom. The van der Waals surface area contributed by atoms with Gasteiger partial charge in [0.15, 0.2) is 0 Å². The van der Waals surface area contributed by atoms with E-state index < -0.39 is 0 Å². The molecule has 0 radical (unpaired) electrons. The molecule has 0 saturated heterocycles. The monoisotopic (exact) mass is 354 g/mol. The average Bonchev–Trinajstić information content (AvgIpc) is 2.41. The smallest absolute Gasteiger partial charge is 0.122 e. The van der Waals surface area contributed by atoms with Gasteiger partial charge in [0.2, 0.25) is 0 Å². The molecule has 0 bridgehead atoms. The van der Waals surface area contributed by atoms with E-state index in [0.717, 1.165) is 21.2 Å². The molecule has 0 spiro atoms. The van der Waals surface area contributed by atoms with Crippen molar-refractivity contribution in [2.24, 2.45) is 5.73 Å². The predicted molar refractivity (Wildman–Crippen MR) is 87.3 cm³/mol. The number of ether oxygens (including phenoxy) is 1. The van der Waals surface area contributed by atoms with Gasteiger partial charge >= 0.3 is 0 Å². The fraction of sp³-hybridized carbons (Fsp3) is 0.133. The molecule has 2 aromatic carbocycles. The first-order valence-corrected chi connectivity index (χ1v) is 6.70. The lowest BCUT2D eigenvalue weighted by Gasteiger charge is -2.06. The third-order valence-electron chi connectivity index (χ3n) is 2.69. The molecule has 20 heavy (non-hydrogen) atoms. The van der Waals surface area contributed by atoms with E-state index in [4.69, 9.17) is 15.9 Å². The minimum Gasteiger partial charge on any atom is -0.384 e. The summed E-state index contributed by atoms with van der Waals surface area (Å²) in [7, 11) is 0. The van der Waals surface area contributed by atoms with Crippen LogP contribution in [0.25, 0.3) is 0 Å². The maximum Gasteiger partial charge on any atom is 0.122 e. The van der Waals surface area contributed by atoms with E-state index in [9.17, 15) is 0 Å². The fourth-order valence-electron chi connectivity index (χ4n) is 1.70. The molecule has 0 unspecified atom stereocenters. The highest BCUT2D eigenvalue weighted by Gasteiger charge is 1.99. The summed E-state index contributed by atoms with van der Waals surface area (Å²) in [4.78, 5) is 0. The van der Waals surface area contributed by atoms with Crippen LogP contribution < -0.4 is 5.73 Å². The quantitative estimate of drug-likeness (QED) is 0.632. The number of nitrogens with two attached hydrogens (primary N) is 1. The molecule has 0 atom stereocenters. The Labute approximate surface area is 133 Å². The van der Waals surface area contributed by atoms with Crippen molar-refractivity contribution in [3.8, 4) is 0 Å². The number of benzene rings is 2. The van der Waals surface area contributed by atoms with Gasteiger partial charge < -0.3 is 10.5 Å². The second-order valence-electron chi connectivity index (χ2n) is 4.23. The van der Waals surface area contributed by atoms with Gasteiger partial charge in [-0.25, -0.2) is 0 Å². The number of hydrogen-bond acceptors (Lipinski definition) is 2. The first-order chi connectivity index (χ1) is 9.15. The summed E-state index contributed by atoms with van der Waals surface area (Å²) in [6.07, 6.45) is 0. The van der Waals surface area contributed by atoms with Crippen LogP contribution in [0, 0.1) is 5.41 Å². The molecular weight excluding hydrogens is 340 g/mol. The van der Waals surface area contributed by atoms with Crippen LogP contribution in [0.2, 0.25) is 0 Å². The van der Waals surface area contributed by atoms with Crippen molar-refractivity contribution in [2.45, 2.75) is 13.2 Å². The molecule has 5 heteroatoms. The van der Waals surface area contributed by atoms with Crippen molar-refractivity contribution in [2.75, 3.05) is 0 Å². The van der Waals surface area contributed by atoms with Gasteiger partial charge in [-0.05, 0) is 29.3 Å². The van der Waals surface area contributed by atoms with Gasteiger partial charge in [0, 0.05) is 10.0 Å². The summed E-state index contributed by atoms with van der Waals surface area (Å²) in [5, 5.41) is 7.40. The van der Waals surface area contributed by atoms with Crippen molar-refractivity contribution >= 4 is 34.2 Å². The molecule has 0 aliphatic rings. The summed E-state index contributed by atoms with van der Waals surface area (Å²) < 4.78 is 6.71. The Balaban J connectivity index is 0.00000200. The molecule has 2 aromatic rings. The molecule has 0 aliphatic heterocycles. The molecule has 0 fully saturated rings. The summed E-state index contributed by atoms with van der Waals surface area (Å²) in [5.74, 6) is 0.0785. The second kappa shape index (κ2) is 8.04. The third-order valence-corrected chi connectivity index (χ3v) is 3.22. The summed E-state index contributed by atoms with van der Waals surface area (Å²) in [6, 6.07) is 15.6. The number of halogens is 2. The highest BCUT2D eigenvalue weighted by atomic mass is 79.9. The number of amidine groups is 1. The standard InChI is InChI=1S/C15H15BrN2O.ClH/c16-14-6-4-11(5-7-14)9-19-10-12-2-1-3-13(8-12)15(17)18;/h1-8H,9-10H2,(H3,17,18);1H. The highest BCUT2D eigenvalue weighted by Crippen LogP contribution is 2.12. The van der Waals surface area contributed by atoms with Gasteiger partial charge in [0.25, 0.3) is 0 Å². The molecule has 3 nitrogen and oxygen atoms in total. The normalized spacial score (nSPS) is 9.85. The fourth-order valence-corrected chi connectivity index (χ4v) is 1.96. The average molecular weight is 356 g/mol. The zero-order chi connectivity index (χ0) is 13.7. The van der Waals surface area contributed by atoms with Crippen molar-refractivity contribution in [3.05, 3.63) is 69.7 Å². The maximum atomic E-state index is 7.40. The zero-order valence-corrected chi connectivity index (χ0v) is 13.2. The van der Waals surface area contributed by atoms with Crippen molar-refractivity contribution in [1.82, 2.24) is 0 Å². The van der Waals surface area contributed by atoms with Crippen LogP contribution in [0.5, 0.6) is 0 Å². The predicted octanol–water partition coefficient (Wildman–Crippen LogP) is 3.87. The van der Waals surface area contributed by atoms with Crippen LogP contribution in [0.15, 0.2) is 53.0 Å². The number of rotatable bonds is 5. The Hall–Kier alpha value is -1.36. The molecule has 0 heterocycles. The second-order valence-corrected chi connectivity index (χ2v) is 5.15. The molecule has 0 saturated carbocycles. The number of nitrogen functional groups attached to an aromatic ring is 1. The molecule has 2 rings (SSSR count). The minimum absolute atomic E-state index is 0. The number of hydrogen-bond donors (Lipinski definition) is 2. The van der Waals surface area contributed by atoms with Gasteiger partial charge in [-0.15, -0.1) is 12.4 Å². The first-order valence-electron chi connectivity index (χ1n) is 5.90. The summed E-state index contributed by atoms with van der Waals surface area (Å²) in [5.41, 5.74) is 8.33. The van der Waals surface area contributed by atoms with E-state index in [1.165, 1.54) is 0 Å². The Bertz CT molecular complexity index is 572. The largest absolute Gasteiger partial charge is 0.384 e. The van der Waals surface area contributed by atoms with Gasteiger partial charge in [-0.1, -0.05) is 46.3 Å². The van der Waals surface area contributed by atoms with Crippen LogP contribution in [0.4, 0.5) is 0 Å². The minimum atomic E-state index is 0. The van der Waals surface area contributed by atoms with Crippen molar-refractivity contribution in [3.63, 3.8) is 0 Å². The Kier molecular flexibility index (Phi) is 6.71.